The van der Waals surface area contributed by atoms with Crippen LogP contribution in [-0.4, -0.2) is 24.5 Å². The molecule has 0 saturated carbocycles. The van der Waals surface area contributed by atoms with Crippen molar-refractivity contribution in [2.75, 3.05) is 0 Å². The minimum atomic E-state index is -0.297. The Morgan fingerprint density at radius 3 is 1.91 bits per heavy atom. The van der Waals surface area contributed by atoms with Gasteiger partial charge < -0.3 is 4.74 Å². The molecule has 0 spiro atoms. The highest BCUT2D eigenvalue weighted by atomic mass is 19.1. The first kappa shape index (κ1) is 26.1. The van der Waals surface area contributed by atoms with E-state index in [0.29, 0.717) is 11.4 Å². The van der Waals surface area contributed by atoms with Crippen molar-refractivity contribution in [1.29, 1.82) is 0 Å². The van der Waals surface area contributed by atoms with E-state index >= 15 is 0 Å². The molecule has 2 heterocycles. The molecule has 0 bridgehead atoms. The molecule has 0 atom stereocenters. The van der Waals surface area contributed by atoms with Gasteiger partial charge in [-0.2, -0.15) is 0 Å². The fraction of sp³-hybridized carbons (Fsp3) is 0.0278. The summed E-state index contributed by atoms with van der Waals surface area (Å²) in [5.41, 5.74) is 7.43. The summed E-state index contributed by atoms with van der Waals surface area (Å²) < 4.78 is 23.1. The Bertz CT molecular complexity index is 1950. The third kappa shape index (κ3) is 5.44. The van der Waals surface area contributed by atoms with Gasteiger partial charge in [0.15, 0.2) is 0 Å². The summed E-state index contributed by atoms with van der Waals surface area (Å²) >= 11 is 0. The summed E-state index contributed by atoms with van der Waals surface area (Å²) in [6.45, 7) is 0.246. The quantitative estimate of drug-likeness (QED) is 0.187. The van der Waals surface area contributed by atoms with Gasteiger partial charge in [0.1, 0.15) is 29.7 Å². The predicted octanol–water partition coefficient (Wildman–Crippen LogP) is 8.17. The molecule has 0 unspecified atom stereocenters. The number of nitrogens with zero attached hydrogens (tertiary/aromatic N) is 5. The van der Waals surface area contributed by atoms with E-state index in [2.05, 4.69) is 63.4 Å². The number of rotatable bonds is 8. The van der Waals surface area contributed by atoms with Crippen LogP contribution in [0.1, 0.15) is 5.69 Å². The molecule has 5 aromatic carbocycles. The number of benzene rings is 5. The molecule has 0 N–H and O–H groups in total. The summed E-state index contributed by atoms with van der Waals surface area (Å²) in [6, 6.07) is 45.0. The van der Waals surface area contributed by atoms with E-state index in [1.165, 1.54) is 12.1 Å². The molecule has 7 aromatic rings. The smallest absolute Gasteiger partial charge is 0.145 e. The lowest BCUT2D eigenvalue weighted by molar-refractivity contribution is 0.301. The molecule has 0 aliphatic heterocycles. The number of para-hydroxylation sites is 1. The maximum atomic E-state index is 13.3. The molecular formula is C36H26FN5O. The number of aromatic nitrogens is 5. The van der Waals surface area contributed by atoms with Crippen LogP contribution in [-0.2, 0) is 6.61 Å². The fourth-order valence-corrected chi connectivity index (χ4v) is 5.04. The average molecular weight is 564 g/mol. The van der Waals surface area contributed by atoms with Crippen LogP contribution in [0.5, 0.6) is 5.75 Å². The maximum absolute atomic E-state index is 13.3. The number of ether oxygens (including phenoxy) is 1. The van der Waals surface area contributed by atoms with Crippen LogP contribution in [0.25, 0.3) is 45.3 Å². The lowest BCUT2D eigenvalue weighted by atomic mass is 10.0. The van der Waals surface area contributed by atoms with Gasteiger partial charge in [0, 0.05) is 22.4 Å². The second-order valence-corrected chi connectivity index (χ2v) is 9.98. The molecule has 7 rings (SSSR count). The van der Waals surface area contributed by atoms with Crippen molar-refractivity contribution in [3.63, 3.8) is 0 Å². The van der Waals surface area contributed by atoms with Crippen LogP contribution in [0.4, 0.5) is 4.39 Å². The summed E-state index contributed by atoms with van der Waals surface area (Å²) in [7, 11) is 0. The van der Waals surface area contributed by atoms with E-state index in [4.69, 9.17) is 9.72 Å². The zero-order valence-corrected chi connectivity index (χ0v) is 23.1. The Kier molecular flexibility index (Phi) is 7.03. The standard InChI is InChI=1S/C36H26FN5O/c37-29-18-20-31(21-19-29)41-24-30(39-40-41)25-43-33-22-16-28(17-23-33)36-38-34(26-10-4-1-5-11-26)35(27-12-6-2-7-13-27)42(36)32-14-8-3-9-15-32/h1-24H,25H2. The number of hydrogen-bond acceptors (Lipinski definition) is 4. The van der Waals surface area contributed by atoms with E-state index in [9.17, 15) is 4.39 Å². The highest BCUT2D eigenvalue weighted by molar-refractivity contribution is 5.84. The van der Waals surface area contributed by atoms with E-state index in [1.54, 1.807) is 23.0 Å². The Balaban J connectivity index is 1.22. The minimum Gasteiger partial charge on any atom is -0.487 e. The average Bonchev–Trinajstić information content (AvgIpc) is 3.71. The maximum Gasteiger partial charge on any atom is 0.145 e. The molecule has 43 heavy (non-hydrogen) atoms. The highest BCUT2D eigenvalue weighted by Crippen LogP contribution is 2.38. The van der Waals surface area contributed by atoms with Crippen LogP contribution >= 0.6 is 0 Å². The molecule has 6 nitrogen and oxygen atoms in total. The van der Waals surface area contributed by atoms with Crippen molar-refractivity contribution in [2.45, 2.75) is 6.61 Å². The van der Waals surface area contributed by atoms with Crippen LogP contribution in [0.2, 0.25) is 0 Å². The van der Waals surface area contributed by atoms with Gasteiger partial charge in [0.2, 0.25) is 0 Å². The SMILES string of the molecule is Fc1ccc(-n2cc(COc3ccc(-c4nc(-c5ccccc5)c(-c5ccccc5)n4-c4ccccc4)cc3)nn2)cc1. The van der Waals surface area contributed by atoms with Crippen LogP contribution in [0.3, 0.4) is 0 Å². The number of imidazole rings is 1. The summed E-state index contributed by atoms with van der Waals surface area (Å²) in [5, 5.41) is 8.33. The molecule has 0 aliphatic carbocycles. The van der Waals surface area contributed by atoms with Gasteiger partial charge >= 0.3 is 0 Å². The molecular weight excluding hydrogens is 537 g/mol. The van der Waals surface area contributed by atoms with Gasteiger partial charge in [-0.05, 0) is 60.7 Å². The topological polar surface area (TPSA) is 57.8 Å². The molecule has 0 fully saturated rings. The van der Waals surface area contributed by atoms with E-state index in [1.807, 2.05) is 66.7 Å². The van der Waals surface area contributed by atoms with Crippen molar-refractivity contribution in [3.05, 3.63) is 157 Å². The van der Waals surface area contributed by atoms with Crippen LogP contribution in [0, 0.1) is 5.82 Å². The van der Waals surface area contributed by atoms with Crippen LogP contribution in [0.15, 0.2) is 146 Å². The van der Waals surface area contributed by atoms with E-state index in [0.717, 1.165) is 45.3 Å². The number of hydrogen-bond donors (Lipinski definition) is 0. The molecule has 2 aromatic heterocycles. The predicted molar refractivity (Wildman–Crippen MR) is 166 cm³/mol. The Morgan fingerprint density at radius 2 is 1.23 bits per heavy atom. The third-order valence-corrected chi connectivity index (χ3v) is 7.12. The van der Waals surface area contributed by atoms with Gasteiger partial charge in [0.25, 0.3) is 0 Å². The fourth-order valence-electron chi connectivity index (χ4n) is 5.04. The van der Waals surface area contributed by atoms with Crippen molar-refractivity contribution in [2.24, 2.45) is 0 Å². The zero-order chi connectivity index (χ0) is 29.0. The third-order valence-electron chi connectivity index (χ3n) is 7.12. The van der Waals surface area contributed by atoms with Crippen molar-refractivity contribution >= 4 is 0 Å². The zero-order valence-electron chi connectivity index (χ0n) is 23.1. The minimum absolute atomic E-state index is 0.246. The Labute approximate surface area is 248 Å². The van der Waals surface area contributed by atoms with Gasteiger partial charge in [-0.3, -0.25) is 4.57 Å². The van der Waals surface area contributed by atoms with E-state index in [-0.39, 0.29) is 12.4 Å². The van der Waals surface area contributed by atoms with Gasteiger partial charge in [-0.15, -0.1) is 5.10 Å². The summed E-state index contributed by atoms with van der Waals surface area (Å²) in [4.78, 5) is 5.24. The van der Waals surface area contributed by atoms with Crippen LogP contribution < -0.4 is 4.74 Å². The second-order valence-electron chi connectivity index (χ2n) is 9.98. The summed E-state index contributed by atoms with van der Waals surface area (Å²) in [6.07, 6.45) is 1.77. The molecule has 0 radical (unpaired) electrons. The number of halogens is 1. The van der Waals surface area contributed by atoms with Crippen molar-refractivity contribution in [1.82, 2.24) is 24.5 Å². The lowest BCUT2D eigenvalue weighted by Gasteiger charge is -2.14. The van der Waals surface area contributed by atoms with Gasteiger partial charge in [-0.1, -0.05) is 84.1 Å². The lowest BCUT2D eigenvalue weighted by Crippen LogP contribution is -2.00. The first-order valence-corrected chi connectivity index (χ1v) is 13.9. The molecule has 0 amide bonds. The molecule has 0 aliphatic rings. The Morgan fingerprint density at radius 1 is 0.605 bits per heavy atom. The molecule has 7 heteroatoms. The normalized spacial score (nSPS) is 11.0. The molecule has 0 saturated heterocycles. The van der Waals surface area contributed by atoms with Crippen molar-refractivity contribution < 1.29 is 9.13 Å². The second kappa shape index (κ2) is 11.6. The van der Waals surface area contributed by atoms with Gasteiger partial charge in [-0.25, -0.2) is 14.1 Å². The summed E-state index contributed by atoms with van der Waals surface area (Å²) in [5.74, 6) is 1.23. The van der Waals surface area contributed by atoms with E-state index < -0.39 is 0 Å². The highest BCUT2D eigenvalue weighted by Gasteiger charge is 2.22. The Hall–Kier alpha value is -5.82. The van der Waals surface area contributed by atoms with Gasteiger partial charge in [0.05, 0.1) is 23.3 Å². The monoisotopic (exact) mass is 563 g/mol. The molecule has 208 valence electrons. The largest absolute Gasteiger partial charge is 0.487 e. The first-order valence-electron chi connectivity index (χ1n) is 13.9. The van der Waals surface area contributed by atoms with Crippen molar-refractivity contribution in [3.8, 4) is 51.0 Å². The first-order chi connectivity index (χ1) is 21.2.